The number of imidazole rings is 1. The van der Waals surface area contributed by atoms with Crippen LogP contribution in [0.1, 0.15) is 39.0 Å². The smallest absolute Gasteiger partial charge is 0.333 e. The van der Waals surface area contributed by atoms with Crippen molar-refractivity contribution in [3.05, 3.63) is 40.8 Å². The molecule has 1 N–H and O–H groups in total. The van der Waals surface area contributed by atoms with Gasteiger partial charge in [0.15, 0.2) is 9.84 Å². The molecule has 28 heavy (non-hydrogen) atoms. The van der Waals surface area contributed by atoms with Crippen molar-refractivity contribution >= 4 is 32.5 Å². The van der Waals surface area contributed by atoms with E-state index < -0.39 is 15.4 Å². The first-order valence-corrected chi connectivity index (χ1v) is 11.5. The van der Waals surface area contributed by atoms with Crippen LogP contribution >= 0.6 is 0 Å². The van der Waals surface area contributed by atoms with Crippen LogP contribution in [0.3, 0.4) is 0 Å². The van der Waals surface area contributed by atoms with E-state index in [4.69, 9.17) is 0 Å². The van der Waals surface area contributed by atoms with Crippen LogP contribution in [0.2, 0.25) is 0 Å². The Morgan fingerprint density at radius 3 is 2.61 bits per heavy atom. The Kier molecular flexibility index (Phi) is 4.69. The summed E-state index contributed by atoms with van der Waals surface area (Å²) in [5.41, 5.74) is 1.49. The first-order valence-electron chi connectivity index (χ1n) is 9.69. The zero-order valence-electron chi connectivity index (χ0n) is 16.0. The third-order valence-electron chi connectivity index (χ3n) is 5.64. The molecule has 8 heteroatoms. The second-order valence-electron chi connectivity index (χ2n) is 8.08. The largest absolute Gasteiger partial charge is 0.348 e. The molecule has 2 aromatic rings. The van der Waals surface area contributed by atoms with E-state index in [1.54, 1.807) is 11.5 Å². The maximum atomic E-state index is 13.2. The molecular formula is C20H25N3O4S. The first-order chi connectivity index (χ1) is 13.3. The van der Waals surface area contributed by atoms with Crippen LogP contribution in [0, 0.1) is 0 Å². The highest BCUT2D eigenvalue weighted by molar-refractivity contribution is 7.91. The van der Waals surface area contributed by atoms with Crippen LogP contribution in [-0.2, 0) is 21.2 Å². The van der Waals surface area contributed by atoms with Gasteiger partial charge in [-0.25, -0.2) is 13.2 Å². The van der Waals surface area contributed by atoms with Crippen molar-refractivity contribution < 1.29 is 13.2 Å². The molecule has 1 aliphatic carbocycles. The molecule has 0 radical (unpaired) electrons. The van der Waals surface area contributed by atoms with E-state index >= 15 is 0 Å². The molecule has 4 rings (SSSR count). The SMILES string of the molecule is C[C@@]1(NC(=O)Cn2c(=O)n(C3=CCCCC3)c3ccccc32)CCS(=O)(=O)C1. The zero-order valence-corrected chi connectivity index (χ0v) is 16.8. The van der Waals surface area contributed by atoms with Crippen molar-refractivity contribution in [1.82, 2.24) is 14.5 Å². The number of aromatic nitrogens is 2. The van der Waals surface area contributed by atoms with Crippen molar-refractivity contribution in [2.24, 2.45) is 0 Å². The van der Waals surface area contributed by atoms with Crippen LogP contribution in [0.5, 0.6) is 0 Å². The number of hydrogen-bond acceptors (Lipinski definition) is 4. The molecule has 1 fully saturated rings. The van der Waals surface area contributed by atoms with Crippen molar-refractivity contribution in [2.45, 2.75) is 51.1 Å². The number of para-hydroxylation sites is 2. The molecule has 0 saturated carbocycles. The number of nitrogens with one attached hydrogen (secondary N) is 1. The number of benzene rings is 1. The summed E-state index contributed by atoms with van der Waals surface area (Å²) in [4.78, 5) is 25.8. The lowest BCUT2D eigenvalue weighted by molar-refractivity contribution is -0.123. The fourth-order valence-corrected chi connectivity index (χ4v) is 6.38. The molecule has 1 saturated heterocycles. The van der Waals surface area contributed by atoms with Crippen LogP contribution in [0.4, 0.5) is 0 Å². The summed E-state index contributed by atoms with van der Waals surface area (Å²) >= 11 is 0. The van der Waals surface area contributed by atoms with Crippen molar-refractivity contribution in [1.29, 1.82) is 0 Å². The average Bonchev–Trinajstić information content (AvgIpc) is 3.08. The van der Waals surface area contributed by atoms with Gasteiger partial charge in [-0.3, -0.25) is 13.9 Å². The Morgan fingerprint density at radius 2 is 1.96 bits per heavy atom. The molecule has 150 valence electrons. The van der Waals surface area contributed by atoms with Gasteiger partial charge < -0.3 is 5.32 Å². The van der Waals surface area contributed by atoms with Crippen LogP contribution in [-0.4, -0.2) is 40.5 Å². The minimum atomic E-state index is -3.12. The van der Waals surface area contributed by atoms with Gasteiger partial charge in [-0.2, -0.15) is 0 Å². The number of amides is 1. The number of carbonyl (C=O) groups excluding carboxylic acids is 1. The summed E-state index contributed by atoms with van der Waals surface area (Å²) in [7, 11) is -3.12. The first kappa shape index (κ1) is 19.0. The molecule has 1 atom stereocenters. The van der Waals surface area contributed by atoms with E-state index in [9.17, 15) is 18.0 Å². The zero-order chi connectivity index (χ0) is 19.9. The van der Waals surface area contributed by atoms with E-state index in [0.29, 0.717) is 11.9 Å². The van der Waals surface area contributed by atoms with Crippen LogP contribution in [0.25, 0.3) is 16.7 Å². The number of fused-ring (bicyclic) bond motifs is 1. The summed E-state index contributed by atoms with van der Waals surface area (Å²) in [5, 5.41) is 2.84. The van der Waals surface area contributed by atoms with E-state index in [0.717, 1.165) is 36.9 Å². The number of carbonyl (C=O) groups is 1. The number of nitrogens with zero attached hydrogens (tertiary/aromatic N) is 2. The van der Waals surface area contributed by atoms with E-state index in [-0.39, 0.29) is 29.6 Å². The van der Waals surface area contributed by atoms with Crippen molar-refractivity contribution in [2.75, 3.05) is 11.5 Å². The Morgan fingerprint density at radius 1 is 1.21 bits per heavy atom. The monoisotopic (exact) mass is 403 g/mol. The minimum Gasteiger partial charge on any atom is -0.348 e. The van der Waals surface area contributed by atoms with Gasteiger partial charge in [-0.1, -0.05) is 18.2 Å². The molecular weight excluding hydrogens is 378 g/mol. The Labute approximate surface area is 164 Å². The predicted octanol–water partition coefficient (Wildman–Crippen LogP) is 1.91. The van der Waals surface area contributed by atoms with Crippen molar-refractivity contribution in [3.8, 4) is 0 Å². The van der Waals surface area contributed by atoms with Gasteiger partial charge in [0, 0.05) is 5.70 Å². The van der Waals surface area contributed by atoms with Gasteiger partial charge in [-0.05, 0) is 51.2 Å². The lowest BCUT2D eigenvalue weighted by atomic mass is 10.0. The number of hydrogen-bond donors (Lipinski definition) is 1. The summed E-state index contributed by atoms with van der Waals surface area (Å²) < 4.78 is 26.7. The van der Waals surface area contributed by atoms with E-state index in [2.05, 4.69) is 11.4 Å². The van der Waals surface area contributed by atoms with Crippen LogP contribution in [0.15, 0.2) is 35.1 Å². The maximum absolute atomic E-state index is 13.2. The molecule has 1 amide bonds. The van der Waals surface area contributed by atoms with Gasteiger partial charge in [0.2, 0.25) is 5.91 Å². The van der Waals surface area contributed by atoms with Crippen molar-refractivity contribution in [3.63, 3.8) is 0 Å². The molecule has 0 bridgehead atoms. The predicted molar refractivity (Wildman–Crippen MR) is 109 cm³/mol. The lowest BCUT2D eigenvalue weighted by Gasteiger charge is -2.23. The second kappa shape index (κ2) is 6.92. The van der Waals surface area contributed by atoms with Gasteiger partial charge in [-0.15, -0.1) is 0 Å². The highest BCUT2D eigenvalue weighted by atomic mass is 32.2. The number of sulfone groups is 1. The molecule has 1 aliphatic heterocycles. The Bertz CT molecular complexity index is 1130. The van der Waals surface area contributed by atoms with Gasteiger partial charge >= 0.3 is 5.69 Å². The van der Waals surface area contributed by atoms with Gasteiger partial charge in [0.1, 0.15) is 6.54 Å². The normalized spacial score (nSPS) is 24.2. The minimum absolute atomic E-state index is 0.0602. The van der Waals surface area contributed by atoms with Crippen LogP contribution < -0.4 is 11.0 Å². The molecule has 1 aromatic carbocycles. The van der Waals surface area contributed by atoms with E-state index in [1.807, 2.05) is 24.3 Å². The molecule has 2 heterocycles. The standard InChI is InChI=1S/C20H25N3O4S/c1-20(11-12-28(26,27)14-20)21-18(24)13-22-16-9-5-6-10-17(16)23(19(22)25)15-7-3-2-4-8-15/h5-7,9-10H,2-4,8,11-14H2,1H3,(H,21,24)/t20-/m1/s1. The molecule has 2 aliphatic rings. The summed E-state index contributed by atoms with van der Waals surface area (Å²) in [6, 6.07) is 7.47. The number of allylic oxidation sites excluding steroid dienone is 2. The fourth-order valence-electron chi connectivity index (χ4n) is 4.29. The fraction of sp³-hybridized carbons (Fsp3) is 0.500. The third-order valence-corrected chi connectivity index (χ3v) is 7.54. The number of rotatable bonds is 4. The van der Waals surface area contributed by atoms with Gasteiger partial charge in [0.05, 0.1) is 28.1 Å². The second-order valence-corrected chi connectivity index (χ2v) is 10.3. The molecule has 1 aromatic heterocycles. The average molecular weight is 404 g/mol. The highest BCUT2D eigenvalue weighted by Crippen LogP contribution is 2.25. The third kappa shape index (κ3) is 3.53. The molecule has 7 nitrogen and oxygen atoms in total. The Balaban J connectivity index is 1.66. The summed E-state index contributed by atoms with van der Waals surface area (Å²) in [6.45, 7) is 1.61. The maximum Gasteiger partial charge on any atom is 0.333 e. The van der Waals surface area contributed by atoms with Gasteiger partial charge in [0.25, 0.3) is 0 Å². The lowest BCUT2D eigenvalue weighted by Crippen LogP contribution is -2.48. The van der Waals surface area contributed by atoms with E-state index in [1.165, 1.54) is 4.57 Å². The quantitative estimate of drug-likeness (QED) is 0.844. The molecule has 0 unspecified atom stereocenters. The Hall–Kier alpha value is -2.35. The molecule has 0 spiro atoms. The summed E-state index contributed by atoms with van der Waals surface area (Å²) in [5.74, 6) is -0.325. The summed E-state index contributed by atoms with van der Waals surface area (Å²) in [6.07, 6.45) is 6.47. The topological polar surface area (TPSA) is 90.2 Å². The highest BCUT2D eigenvalue weighted by Gasteiger charge is 2.39.